The van der Waals surface area contributed by atoms with Crippen molar-refractivity contribution >= 4 is 34.9 Å². The summed E-state index contributed by atoms with van der Waals surface area (Å²) in [7, 11) is 0. The number of nitrogens with one attached hydrogen (secondary N) is 1. The van der Waals surface area contributed by atoms with Crippen LogP contribution in [-0.2, 0) is 13.2 Å². The Kier molecular flexibility index (Phi) is 6.96. The van der Waals surface area contributed by atoms with Gasteiger partial charge in [0.25, 0.3) is 5.91 Å². The minimum Gasteiger partial charge on any atom is -0.489 e. The fourth-order valence-corrected chi connectivity index (χ4v) is 3.52. The van der Waals surface area contributed by atoms with Gasteiger partial charge in [0.1, 0.15) is 18.2 Å². The van der Waals surface area contributed by atoms with Crippen molar-refractivity contribution in [3.63, 3.8) is 0 Å². The van der Waals surface area contributed by atoms with Crippen LogP contribution in [0.25, 0.3) is 0 Å². The van der Waals surface area contributed by atoms with Crippen LogP contribution in [0.2, 0.25) is 10.0 Å². The Bertz CT molecular complexity index is 1270. The van der Waals surface area contributed by atoms with E-state index in [0.29, 0.717) is 33.6 Å². The van der Waals surface area contributed by atoms with Crippen LogP contribution in [0.1, 0.15) is 27.0 Å². The first-order valence-corrected chi connectivity index (χ1v) is 10.9. The number of aryl methyl sites for hydroxylation is 1. The number of nitrogens with zero attached hydrogens (tertiary/aromatic N) is 2. The van der Waals surface area contributed by atoms with Crippen molar-refractivity contribution in [2.45, 2.75) is 20.1 Å². The number of hydrogen-bond donors (Lipinski definition) is 1. The zero-order valence-electron chi connectivity index (χ0n) is 17.7. The van der Waals surface area contributed by atoms with E-state index in [-0.39, 0.29) is 12.5 Å². The van der Waals surface area contributed by atoms with Crippen molar-refractivity contribution in [2.75, 3.05) is 5.32 Å². The summed E-state index contributed by atoms with van der Waals surface area (Å²) in [5, 5.41) is 8.04. The highest BCUT2D eigenvalue weighted by molar-refractivity contribution is 6.31. The fraction of sp³-hybridized carbons (Fsp3) is 0.120. The first-order chi connectivity index (χ1) is 15.9. The number of benzene rings is 3. The Balaban J connectivity index is 1.34. The van der Waals surface area contributed by atoms with Gasteiger partial charge in [0.15, 0.2) is 5.82 Å². The predicted molar refractivity (Wildman–Crippen MR) is 128 cm³/mol. The Morgan fingerprint density at radius 2 is 1.85 bits per heavy atom. The summed E-state index contributed by atoms with van der Waals surface area (Å²) in [5.41, 5.74) is 2.69. The van der Waals surface area contributed by atoms with Crippen LogP contribution in [0, 0.1) is 12.7 Å². The highest BCUT2D eigenvalue weighted by Gasteiger charge is 2.11. The second kappa shape index (κ2) is 10.1. The number of aromatic nitrogens is 2. The zero-order chi connectivity index (χ0) is 23.4. The Morgan fingerprint density at radius 3 is 2.58 bits per heavy atom. The van der Waals surface area contributed by atoms with Crippen LogP contribution in [-0.4, -0.2) is 15.7 Å². The molecule has 5 nitrogen and oxygen atoms in total. The molecule has 0 radical (unpaired) electrons. The number of hydrogen-bond acceptors (Lipinski definition) is 3. The molecule has 0 atom stereocenters. The number of rotatable bonds is 7. The van der Waals surface area contributed by atoms with E-state index in [2.05, 4.69) is 10.4 Å². The molecule has 0 bridgehead atoms. The Labute approximate surface area is 200 Å². The van der Waals surface area contributed by atoms with Gasteiger partial charge in [-0.1, -0.05) is 41.4 Å². The number of ether oxygens (including phenoxy) is 1. The maximum atomic E-state index is 14.0. The molecule has 0 fully saturated rings. The van der Waals surface area contributed by atoms with Gasteiger partial charge in [-0.15, -0.1) is 0 Å². The molecule has 4 rings (SSSR count). The average molecular weight is 484 g/mol. The number of amides is 1. The molecule has 1 N–H and O–H groups in total. The van der Waals surface area contributed by atoms with E-state index in [9.17, 15) is 9.18 Å². The van der Waals surface area contributed by atoms with Crippen LogP contribution < -0.4 is 10.1 Å². The summed E-state index contributed by atoms with van der Waals surface area (Å²) in [6.07, 6.45) is 1.65. The molecule has 0 aliphatic carbocycles. The first-order valence-electron chi connectivity index (χ1n) is 10.1. The van der Waals surface area contributed by atoms with E-state index in [1.165, 1.54) is 10.7 Å². The van der Waals surface area contributed by atoms with Gasteiger partial charge in [0, 0.05) is 33.4 Å². The highest BCUT2D eigenvalue weighted by atomic mass is 35.5. The summed E-state index contributed by atoms with van der Waals surface area (Å²) in [4.78, 5) is 12.6. The lowest BCUT2D eigenvalue weighted by atomic mass is 10.1. The van der Waals surface area contributed by atoms with Crippen molar-refractivity contribution in [3.8, 4) is 5.75 Å². The second-order valence-electron chi connectivity index (χ2n) is 7.45. The minimum atomic E-state index is -0.404. The molecule has 0 aliphatic heterocycles. The first kappa shape index (κ1) is 22.8. The SMILES string of the molecule is Cc1cc(OCc2ccc(C(=O)Nc3ccn(Cc4c(F)cccc4Cl)n3)cc2)ccc1Cl. The molecule has 1 amide bonds. The second-order valence-corrected chi connectivity index (χ2v) is 8.26. The lowest BCUT2D eigenvalue weighted by Gasteiger charge is -2.09. The molecule has 0 saturated carbocycles. The third-order valence-electron chi connectivity index (χ3n) is 5.02. The maximum absolute atomic E-state index is 14.0. The molecule has 0 saturated heterocycles. The summed E-state index contributed by atoms with van der Waals surface area (Å²) < 4.78 is 21.3. The van der Waals surface area contributed by atoms with Crippen LogP contribution in [0.5, 0.6) is 5.75 Å². The van der Waals surface area contributed by atoms with Crippen LogP contribution in [0.15, 0.2) is 72.9 Å². The smallest absolute Gasteiger partial charge is 0.256 e. The van der Waals surface area contributed by atoms with E-state index < -0.39 is 5.82 Å². The summed E-state index contributed by atoms with van der Waals surface area (Å²) in [6.45, 7) is 2.44. The standard InChI is InChI=1S/C25H20Cl2FN3O2/c1-16-13-19(9-10-21(16)26)33-15-17-5-7-18(8-6-17)25(32)29-24-11-12-31(30-24)14-20-22(27)3-2-4-23(20)28/h2-13H,14-15H2,1H3,(H,29,30,32). The van der Waals surface area contributed by atoms with Crippen molar-refractivity contribution in [2.24, 2.45) is 0 Å². The van der Waals surface area contributed by atoms with Gasteiger partial charge in [-0.25, -0.2) is 4.39 Å². The monoisotopic (exact) mass is 483 g/mol. The van der Waals surface area contributed by atoms with E-state index in [0.717, 1.165) is 16.9 Å². The fourth-order valence-electron chi connectivity index (χ4n) is 3.18. The number of anilines is 1. The number of halogens is 3. The number of carbonyl (C=O) groups is 1. The molecule has 33 heavy (non-hydrogen) atoms. The lowest BCUT2D eigenvalue weighted by molar-refractivity contribution is 0.102. The van der Waals surface area contributed by atoms with E-state index >= 15 is 0 Å². The summed E-state index contributed by atoms with van der Waals surface area (Å²) in [5.74, 6) is 0.382. The van der Waals surface area contributed by atoms with E-state index in [4.69, 9.17) is 27.9 Å². The van der Waals surface area contributed by atoms with Gasteiger partial charge >= 0.3 is 0 Å². The van der Waals surface area contributed by atoms with Gasteiger partial charge in [0.2, 0.25) is 0 Å². The number of carbonyl (C=O) groups excluding carboxylic acids is 1. The Morgan fingerprint density at radius 1 is 1.06 bits per heavy atom. The van der Waals surface area contributed by atoms with Gasteiger partial charge in [0.05, 0.1) is 6.54 Å². The minimum absolute atomic E-state index is 0.156. The van der Waals surface area contributed by atoms with Gasteiger partial charge in [-0.2, -0.15) is 5.10 Å². The van der Waals surface area contributed by atoms with Crippen LogP contribution in [0.4, 0.5) is 10.2 Å². The van der Waals surface area contributed by atoms with Crippen molar-refractivity contribution in [1.29, 1.82) is 0 Å². The Hall–Kier alpha value is -3.35. The molecule has 0 unspecified atom stereocenters. The lowest BCUT2D eigenvalue weighted by Crippen LogP contribution is -2.13. The summed E-state index contributed by atoms with van der Waals surface area (Å²) >= 11 is 12.1. The predicted octanol–water partition coefficient (Wildman–Crippen LogP) is 6.52. The zero-order valence-corrected chi connectivity index (χ0v) is 19.2. The maximum Gasteiger partial charge on any atom is 0.256 e. The molecule has 4 aromatic rings. The highest BCUT2D eigenvalue weighted by Crippen LogP contribution is 2.22. The molecular weight excluding hydrogens is 464 g/mol. The topological polar surface area (TPSA) is 56.1 Å². The molecule has 8 heteroatoms. The van der Waals surface area contributed by atoms with Crippen LogP contribution in [0.3, 0.4) is 0 Å². The quantitative estimate of drug-likeness (QED) is 0.325. The van der Waals surface area contributed by atoms with Crippen molar-refractivity contribution in [1.82, 2.24) is 9.78 Å². The van der Waals surface area contributed by atoms with Crippen LogP contribution >= 0.6 is 23.2 Å². The third kappa shape index (κ3) is 5.72. The largest absolute Gasteiger partial charge is 0.489 e. The molecule has 0 aliphatic rings. The van der Waals surface area contributed by atoms with Crippen molar-refractivity contribution < 1.29 is 13.9 Å². The molecule has 0 spiro atoms. The third-order valence-corrected chi connectivity index (χ3v) is 5.79. The molecule has 1 aromatic heterocycles. The molecular formula is C25H20Cl2FN3O2. The van der Waals surface area contributed by atoms with Gasteiger partial charge in [-0.3, -0.25) is 9.48 Å². The summed E-state index contributed by atoms with van der Waals surface area (Å²) in [6, 6.07) is 18.7. The van der Waals surface area contributed by atoms with E-state index in [1.807, 2.05) is 31.2 Å². The molecule has 168 valence electrons. The normalized spacial score (nSPS) is 10.8. The van der Waals surface area contributed by atoms with Gasteiger partial charge in [-0.05, 0) is 60.5 Å². The van der Waals surface area contributed by atoms with Gasteiger partial charge < -0.3 is 10.1 Å². The molecule has 3 aromatic carbocycles. The van der Waals surface area contributed by atoms with Crippen molar-refractivity contribution in [3.05, 3.63) is 111 Å². The molecule has 1 heterocycles. The average Bonchev–Trinajstić information content (AvgIpc) is 3.24. The van der Waals surface area contributed by atoms with E-state index in [1.54, 1.807) is 42.6 Å².